The molecule has 0 heterocycles. The van der Waals surface area contributed by atoms with Crippen molar-refractivity contribution in [2.24, 2.45) is 0 Å². The summed E-state index contributed by atoms with van der Waals surface area (Å²) in [6.07, 6.45) is 2.03. The Morgan fingerprint density at radius 1 is 1.04 bits per heavy atom. The Hall–Kier alpha value is -1.53. The Kier molecular flexibility index (Phi) is 5.70. The molecular weight excluding hydrogens is 301 g/mol. The van der Waals surface area contributed by atoms with Gasteiger partial charge in [-0.1, -0.05) is 52.8 Å². The van der Waals surface area contributed by atoms with Gasteiger partial charge in [0.2, 0.25) is 0 Å². The molecule has 1 N–H and O–H groups in total. The minimum Gasteiger partial charge on any atom is -0.508 e. The van der Waals surface area contributed by atoms with Gasteiger partial charge in [-0.3, -0.25) is 0 Å². The van der Waals surface area contributed by atoms with Gasteiger partial charge in [-0.15, -0.1) is 0 Å². The van der Waals surface area contributed by atoms with Crippen molar-refractivity contribution >= 4 is 19.6 Å². The largest absolute Gasteiger partial charge is 0.508 e. The Bertz CT molecular complexity index is 662. The van der Waals surface area contributed by atoms with E-state index in [4.69, 9.17) is 0 Å². The molecule has 0 fully saturated rings. The molecule has 0 amide bonds. The summed E-state index contributed by atoms with van der Waals surface area (Å²) in [5, 5.41) is 11.8. The Morgan fingerprint density at radius 3 is 2.26 bits per heavy atom. The number of benzene rings is 2. The van der Waals surface area contributed by atoms with Crippen LogP contribution < -0.4 is 10.2 Å². The minimum absolute atomic E-state index is 0.00857. The van der Waals surface area contributed by atoms with Gasteiger partial charge in [-0.05, 0) is 42.8 Å². The highest BCUT2D eigenvalue weighted by atomic mass is 31.1. The highest BCUT2D eigenvalue weighted by molar-refractivity contribution is 7.49. The van der Waals surface area contributed by atoms with E-state index in [-0.39, 0.29) is 5.16 Å². The average Bonchev–Trinajstić information content (AvgIpc) is 2.54. The fourth-order valence-electron chi connectivity index (χ4n) is 3.13. The van der Waals surface area contributed by atoms with Gasteiger partial charge >= 0.3 is 0 Å². The lowest BCUT2D eigenvalue weighted by Gasteiger charge is -2.34. The van der Waals surface area contributed by atoms with E-state index in [0.717, 1.165) is 18.4 Å². The molecule has 1 unspecified atom stereocenters. The van der Waals surface area contributed by atoms with Gasteiger partial charge in [0.05, 0.1) is 0 Å². The highest BCUT2D eigenvalue weighted by Gasteiger charge is 2.32. The molecule has 0 spiro atoms. The van der Waals surface area contributed by atoms with Crippen molar-refractivity contribution in [1.82, 2.24) is 0 Å². The first kappa shape index (κ1) is 17.8. The third kappa shape index (κ3) is 3.70. The van der Waals surface area contributed by atoms with Gasteiger partial charge in [0, 0.05) is 30.5 Å². The van der Waals surface area contributed by atoms with E-state index in [2.05, 4.69) is 64.0 Å². The van der Waals surface area contributed by atoms with Crippen LogP contribution in [0.1, 0.15) is 37.8 Å². The molecule has 23 heavy (non-hydrogen) atoms. The number of aromatic hydroxyl groups is 1. The predicted molar refractivity (Wildman–Crippen MR) is 104 cm³/mol. The number of para-hydroxylation sites is 1. The van der Waals surface area contributed by atoms with Crippen molar-refractivity contribution in [2.45, 2.75) is 38.8 Å². The molecule has 0 aromatic heterocycles. The smallest absolute Gasteiger partial charge is 0.119 e. The molecule has 0 bridgehead atoms. The first-order valence-corrected chi connectivity index (χ1v) is 9.28. The molecule has 1 atom stereocenters. The van der Waals surface area contributed by atoms with Crippen LogP contribution in [0.2, 0.25) is 0 Å². The van der Waals surface area contributed by atoms with Gasteiger partial charge in [-0.2, -0.15) is 0 Å². The Balaban J connectivity index is 2.51. The zero-order valence-electron chi connectivity index (χ0n) is 14.9. The lowest BCUT2D eigenvalue weighted by molar-refractivity contribution is 0.448. The molecule has 0 aliphatic carbocycles. The normalized spacial score (nSPS) is 12.0. The first-order valence-electron chi connectivity index (χ1n) is 8.28. The van der Waals surface area contributed by atoms with Gasteiger partial charge < -0.3 is 10.0 Å². The number of hydrogen-bond acceptors (Lipinski definition) is 2. The highest BCUT2D eigenvalue weighted by Crippen LogP contribution is 2.50. The van der Waals surface area contributed by atoms with Crippen molar-refractivity contribution in [3.63, 3.8) is 0 Å². The molecule has 0 radical (unpaired) electrons. The molecule has 2 aromatic carbocycles. The van der Waals surface area contributed by atoms with Crippen LogP contribution in [0, 0.1) is 6.92 Å². The number of phenols is 1. The fourth-order valence-corrected chi connectivity index (χ4v) is 4.93. The summed E-state index contributed by atoms with van der Waals surface area (Å²) in [4.78, 5) is 2.19. The van der Waals surface area contributed by atoms with E-state index in [0.29, 0.717) is 14.3 Å². The third-order valence-corrected chi connectivity index (χ3v) is 6.78. The second-order valence-corrected chi connectivity index (χ2v) is 8.09. The van der Waals surface area contributed by atoms with E-state index >= 15 is 0 Å². The number of hydrogen-bond donors (Lipinski definition) is 1. The fraction of sp³-hybridized carbons (Fsp3) is 0.400. The second-order valence-electron chi connectivity index (χ2n) is 6.35. The number of phenolic OH excluding ortho intramolecular Hbond substituents is 1. The molecule has 124 valence electrons. The third-order valence-electron chi connectivity index (χ3n) is 4.64. The molecule has 2 nitrogen and oxygen atoms in total. The standard InChI is InChI=1S/C20H28NOP/c1-6-20(7-2,16-10-8-9-11-18(16)22)23-19-13-12-15(3)14-17(19)21(4)5/h8-14,22-23H,6-7H2,1-5H3. The summed E-state index contributed by atoms with van der Waals surface area (Å²) in [6.45, 7) is 6.59. The monoisotopic (exact) mass is 329 g/mol. The van der Waals surface area contributed by atoms with Crippen LogP contribution in [0.5, 0.6) is 5.75 Å². The van der Waals surface area contributed by atoms with Crippen LogP contribution >= 0.6 is 8.58 Å². The predicted octanol–water partition coefficient (Wildman–Crippen LogP) is 4.79. The van der Waals surface area contributed by atoms with E-state index in [9.17, 15) is 5.11 Å². The Morgan fingerprint density at radius 2 is 1.70 bits per heavy atom. The van der Waals surface area contributed by atoms with Crippen molar-refractivity contribution in [3.8, 4) is 5.75 Å². The first-order chi connectivity index (χ1) is 10.9. The van der Waals surface area contributed by atoms with Crippen LogP contribution in [-0.2, 0) is 5.16 Å². The van der Waals surface area contributed by atoms with Crippen LogP contribution in [-0.4, -0.2) is 19.2 Å². The summed E-state index contributed by atoms with van der Waals surface area (Å²) >= 11 is 0. The Labute approximate surface area is 142 Å². The number of aryl methyl sites for hydroxylation is 1. The molecular formula is C20H28NOP. The van der Waals surface area contributed by atoms with E-state index in [1.165, 1.54) is 16.6 Å². The summed E-state index contributed by atoms with van der Waals surface area (Å²) in [6, 6.07) is 14.5. The van der Waals surface area contributed by atoms with Gasteiger partial charge in [-0.25, -0.2) is 0 Å². The van der Waals surface area contributed by atoms with Crippen LogP contribution in [0.4, 0.5) is 5.69 Å². The quantitative estimate of drug-likeness (QED) is 0.771. The van der Waals surface area contributed by atoms with Crippen LogP contribution in [0.3, 0.4) is 0 Å². The molecule has 0 aliphatic rings. The molecule has 3 heteroatoms. The topological polar surface area (TPSA) is 23.5 Å². The van der Waals surface area contributed by atoms with Crippen molar-refractivity contribution < 1.29 is 5.11 Å². The maximum absolute atomic E-state index is 10.4. The average molecular weight is 329 g/mol. The summed E-state index contributed by atoms with van der Waals surface area (Å²) in [7, 11) is 4.83. The van der Waals surface area contributed by atoms with Crippen molar-refractivity contribution in [3.05, 3.63) is 53.6 Å². The van der Waals surface area contributed by atoms with E-state index in [1.807, 2.05) is 18.2 Å². The van der Waals surface area contributed by atoms with E-state index < -0.39 is 0 Å². The number of anilines is 1. The molecule has 0 saturated carbocycles. The zero-order chi connectivity index (χ0) is 17.0. The molecule has 2 aromatic rings. The lowest BCUT2D eigenvalue weighted by atomic mass is 9.92. The second kappa shape index (κ2) is 7.36. The maximum Gasteiger partial charge on any atom is 0.119 e. The van der Waals surface area contributed by atoms with Gasteiger partial charge in [0.25, 0.3) is 0 Å². The summed E-state index contributed by atoms with van der Waals surface area (Å²) in [5.41, 5.74) is 3.64. The SMILES string of the molecule is CCC(CC)(Pc1ccc(C)cc1N(C)C)c1ccccc1O. The maximum atomic E-state index is 10.4. The summed E-state index contributed by atoms with van der Waals surface area (Å²) < 4.78 is 0. The lowest BCUT2D eigenvalue weighted by Crippen LogP contribution is -2.25. The molecule has 0 aliphatic heterocycles. The molecule has 0 saturated heterocycles. The number of rotatable bonds is 6. The zero-order valence-corrected chi connectivity index (χ0v) is 15.9. The molecule has 2 rings (SSSR count). The van der Waals surface area contributed by atoms with Crippen LogP contribution in [0.25, 0.3) is 0 Å². The van der Waals surface area contributed by atoms with Gasteiger partial charge in [0.1, 0.15) is 5.75 Å². The van der Waals surface area contributed by atoms with Gasteiger partial charge in [0.15, 0.2) is 0 Å². The number of nitrogens with zero attached hydrogens (tertiary/aromatic N) is 1. The van der Waals surface area contributed by atoms with Crippen LogP contribution in [0.15, 0.2) is 42.5 Å². The minimum atomic E-state index is -0.00857. The summed E-state index contributed by atoms with van der Waals surface area (Å²) in [5.74, 6) is 0.419. The van der Waals surface area contributed by atoms with Crippen molar-refractivity contribution in [2.75, 3.05) is 19.0 Å². The van der Waals surface area contributed by atoms with E-state index in [1.54, 1.807) is 0 Å². The van der Waals surface area contributed by atoms with Crippen molar-refractivity contribution in [1.29, 1.82) is 0 Å².